The van der Waals surface area contributed by atoms with Gasteiger partial charge in [0.2, 0.25) is 5.91 Å². The molecule has 1 aliphatic rings. The predicted octanol–water partition coefficient (Wildman–Crippen LogP) is 6.31. The molecule has 0 atom stereocenters. The van der Waals surface area contributed by atoms with Crippen LogP contribution in [0.1, 0.15) is 41.3 Å². The Kier molecular flexibility index (Phi) is 11.8. The van der Waals surface area contributed by atoms with Crippen molar-refractivity contribution in [2.45, 2.75) is 26.7 Å². The van der Waals surface area contributed by atoms with Crippen molar-refractivity contribution in [2.75, 3.05) is 37.5 Å². The fourth-order valence-electron chi connectivity index (χ4n) is 4.23. The molecule has 0 unspecified atom stereocenters. The number of rotatable bonds is 13. The minimum Gasteiger partial charge on any atom is -0.493 e. The largest absolute Gasteiger partial charge is 0.493 e. The van der Waals surface area contributed by atoms with Crippen LogP contribution in [0.5, 0.6) is 11.5 Å². The first-order valence-corrected chi connectivity index (χ1v) is 15.5. The first-order chi connectivity index (χ1) is 22.1. The number of esters is 1. The van der Waals surface area contributed by atoms with E-state index in [0.29, 0.717) is 40.9 Å². The highest BCUT2D eigenvalue weighted by Gasteiger charge is 2.36. The smallest absolute Gasteiger partial charge is 0.339 e. The summed E-state index contributed by atoms with van der Waals surface area (Å²) in [7, 11) is 1.43. The average Bonchev–Trinajstić information content (AvgIpc) is 3.28. The van der Waals surface area contributed by atoms with Crippen LogP contribution in [0.25, 0.3) is 6.08 Å². The van der Waals surface area contributed by atoms with E-state index in [1.165, 1.54) is 31.4 Å². The van der Waals surface area contributed by atoms with Crippen molar-refractivity contribution in [1.29, 1.82) is 0 Å². The zero-order valence-electron chi connectivity index (χ0n) is 25.4. The van der Waals surface area contributed by atoms with E-state index in [4.69, 9.17) is 25.8 Å². The van der Waals surface area contributed by atoms with Crippen molar-refractivity contribution in [3.05, 3.63) is 87.3 Å². The maximum atomic E-state index is 13.0. The Bertz CT molecular complexity index is 1690. The molecule has 4 amide bonds. The number of nitrogens with zero attached hydrogens (tertiary/aromatic N) is 1. The van der Waals surface area contributed by atoms with Gasteiger partial charge in [-0.3, -0.25) is 24.1 Å². The van der Waals surface area contributed by atoms with Crippen molar-refractivity contribution in [3.63, 3.8) is 0 Å². The van der Waals surface area contributed by atoms with Gasteiger partial charge in [0.05, 0.1) is 29.2 Å². The fraction of sp³-hybridized carbons (Fsp3) is 0.242. The highest BCUT2D eigenvalue weighted by Crippen LogP contribution is 2.34. The third-order valence-electron chi connectivity index (χ3n) is 6.52. The number of ether oxygens (including phenoxy) is 3. The van der Waals surface area contributed by atoms with Crippen LogP contribution in [0.2, 0.25) is 5.02 Å². The summed E-state index contributed by atoms with van der Waals surface area (Å²) in [6, 6.07) is 16.5. The number of hydrogen-bond acceptors (Lipinski definition) is 9. The average molecular weight is 666 g/mol. The molecule has 0 spiro atoms. The Labute approximate surface area is 275 Å². The zero-order chi connectivity index (χ0) is 33.2. The van der Waals surface area contributed by atoms with Gasteiger partial charge in [0.1, 0.15) is 6.54 Å². The number of hydrogen-bond donors (Lipinski definition) is 2. The lowest BCUT2D eigenvalue weighted by Crippen LogP contribution is -2.36. The minimum atomic E-state index is -0.647. The number of methoxy groups -OCH3 is 1. The number of unbranched alkanes of at least 4 members (excludes halogenated alkanes) is 1. The number of carbonyl (C=O) groups is 5. The van der Waals surface area contributed by atoms with Crippen LogP contribution in [0.15, 0.2) is 65.6 Å². The number of thioether (sulfide) groups is 1. The lowest BCUT2D eigenvalue weighted by atomic mass is 10.2. The quantitative estimate of drug-likeness (QED) is 0.122. The van der Waals surface area contributed by atoms with E-state index in [9.17, 15) is 24.0 Å². The molecule has 0 radical (unpaired) electrons. The summed E-state index contributed by atoms with van der Waals surface area (Å²) in [5.41, 5.74) is 2.53. The topological polar surface area (TPSA) is 140 Å². The second kappa shape index (κ2) is 16.0. The molecule has 0 saturated carbocycles. The van der Waals surface area contributed by atoms with Crippen LogP contribution in [0, 0.1) is 6.92 Å². The third-order valence-corrected chi connectivity index (χ3v) is 7.76. The van der Waals surface area contributed by atoms with Gasteiger partial charge in [-0.15, -0.1) is 0 Å². The first-order valence-electron chi connectivity index (χ1n) is 14.3. The number of imide groups is 1. The van der Waals surface area contributed by atoms with Gasteiger partial charge < -0.3 is 24.8 Å². The third kappa shape index (κ3) is 9.11. The fourth-order valence-corrected chi connectivity index (χ4v) is 5.27. The predicted molar refractivity (Wildman–Crippen MR) is 176 cm³/mol. The molecule has 1 heterocycles. The van der Waals surface area contributed by atoms with Gasteiger partial charge in [-0.1, -0.05) is 43.1 Å². The molecule has 3 aromatic carbocycles. The van der Waals surface area contributed by atoms with Crippen LogP contribution < -0.4 is 20.1 Å². The maximum absolute atomic E-state index is 13.0. The van der Waals surface area contributed by atoms with Crippen molar-refractivity contribution in [2.24, 2.45) is 0 Å². The number of amides is 4. The summed E-state index contributed by atoms with van der Waals surface area (Å²) >= 11 is 6.83. The second-order valence-corrected chi connectivity index (χ2v) is 11.5. The summed E-state index contributed by atoms with van der Waals surface area (Å²) in [5.74, 6) is -1.64. The molecule has 1 saturated heterocycles. The number of halogens is 1. The molecule has 11 nitrogen and oxygen atoms in total. The molecule has 4 rings (SSSR count). The number of nitrogens with one attached hydrogen (secondary N) is 2. The second-order valence-electron chi connectivity index (χ2n) is 10.1. The van der Waals surface area contributed by atoms with Gasteiger partial charge in [-0.2, -0.15) is 0 Å². The Morgan fingerprint density at radius 2 is 1.72 bits per heavy atom. The van der Waals surface area contributed by atoms with Crippen molar-refractivity contribution < 1.29 is 38.2 Å². The number of benzene rings is 3. The summed E-state index contributed by atoms with van der Waals surface area (Å²) in [4.78, 5) is 64.1. The Morgan fingerprint density at radius 3 is 2.46 bits per heavy atom. The Hall–Kier alpha value is -4.81. The van der Waals surface area contributed by atoms with Crippen molar-refractivity contribution in [3.8, 4) is 11.5 Å². The Morgan fingerprint density at radius 1 is 0.957 bits per heavy atom. The first kappa shape index (κ1) is 34.1. The zero-order valence-corrected chi connectivity index (χ0v) is 27.0. The molecule has 240 valence electrons. The number of carbonyl (C=O) groups excluding carboxylic acids is 5. The summed E-state index contributed by atoms with van der Waals surface area (Å²) in [5, 5.41) is 4.89. The normalized spacial score (nSPS) is 13.5. The van der Waals surface area contributed by atoms with E-state index >= 15 is 0 Å². The van der Waals surface area contributed by atoms with E-state index in [1.54, 1.807) is 24.3 Å². The van der Waals surface area contributed by atoms with Gasteiger partial charge in [-0.05, 0) is 84.8 Å². The lowest BCUT2D eigenvalue weighted by molar-refractivity contribution is -0.127. The van der Waals surface area contributed by atoms with E-state index in [-0.39, 0.29) is 40.3 Å². The number of anilines is 2. The SMILES string of the molecule is CCCCOC(=O)c1cc(NC(=O)CN2C(=O)S/C(=C/c3ccc(OCC(=O)Nc4cccc(C)c4)c(OC)c3)C2=O)ccc1Cl. The van der Waals surface area contributed by atoms with Crippen LogP contribution in [0.4, 0.5) is 16.2 Å². The van der Waals surface area contributed by atoms with E-state index in [1.807, 2.05) is 32.0 Å². The van der Waals surface area contributed by atoms with Gasteiger partial charge in [0.25, 0.3) is 17.1 Å². The van der Waals surface area contributed by atoms with Crippen LogP contribution >= 0.6 is 23.4 Å². The standard InChI is InChI=1S/C33H32ClN3O8S/c1-4-5-13-44-32(41)24-17-23(10-11-25(24)34)35-29(38)18-37-31(40)28(46-33(37)42)16-21-9-12-26(27(15-21)43-3)45-19-30(39)36-22-8-6-7-20(2)14-22/h6-12,14-17H,4-5,13,18-19H2,1-3H3,(H,35,38)(H,36,39)/b28-16+. The molecular weight excluding hydrogens is 634 g/mol. The highest BCUT2D eigenvalue weighted by atomic mass is 35.5. The van der Waals surface area contributed by atoms with Crippen molar-refractivity contribution in [1.82, 2.24) is 4.90 Å². The molecule has 3 aromatic rings. The summed E-state index contributed by atoms with van der Waals surface area (Å²) in [6.45, 7) is 3.33. The monoisotopic (exact) mass is 665 g/mol. The summed E-state index contributed by atoms with van der Waals surface area (Å²) < 4.78 is 16.2. The molecule has 46 heavy (non-hydrogen) atoms. The Balaban J connectivity index is 1.36. The molecule has 1 aliphatic heterocycles. The highest BCUT2D eigenvalue weighted by molar-refractivity contribution is 8.18. The molecule has 1 fully saturated rings. The van der Waals surface area contributed by atoms with Crippen molar-refractivity contribution >= 4 is 69.7 Å². The van der Waals surface area contributed by atoms with E-state index < -0.39 is 29.6 Å². The van der Waals surface area contributed by atoms with E-state index in [0.717, 1.165) is 16.9 Å². The molecule has 0 aromatic heterocycles. The van der Waals surface area contributed by atoms with Gasteiger partial charge in [-0.25, -0.2) is 4.79 Å². The molecule has 0 bridgehead atoms. The van der Waals surface area contributed by atoms with E-state index in [2.05, 4.69) is 10.6 Å². The lowest BCUT2D eigenvalue weighted by Gasteiger charge is -2.13. The van der Waals surface area contributed by atoms with Crippen LogP contribution in [-0.2, 0) is 19.1 Å². The molecule has 2 N–H and O–H groups in total. The molecule has 0 aliphatic carbocycles. The minimum absolute atomic E-state index is 0.0852. The summed E-state index contributed by atoms with van der Waals surface area (Å²) in [6.07, 6.45) is 3.05. The van der Waals surface area contributed by atoms with Gasteiger partial charge in [0.15, 0.2) is 18.1 Å². The molecule has 13 heteroatoms. The van der Waals surface area contributed by atoms with Gasteiger partial charge in [0, 0.05) is 11.4 Å². The van der Waals surface area contributed by atoms with Gasteiger partial charge >= 0.3 is 5.97 Å². The van der Waals surface area contributed by atoms with Crippen LogP contribution in [0.3, 0.4) is 0 Å². The van der Waals surface area contributed by atoms with Crippen LogP contribution in [-0.4, -0.2) is 60.7 Å². The maximum Gasteiger partial charge on any atom is 0.339 e. The molecular formula is C33H32ClN3O8S. The number of aryl methyl sites for hydroxylation is 1.